The van der Waals surface area contributed by atoms with Crippen LogP contribution in [0.15, 0.2) is 46.3 Å². The molecule has 19 heavy (non-hydrogen) atoms. The van der Waals surface area contributed by atoms with Crippen molar-refractivity contribution in [1.29, 1.82) is 10.5 Å². The fourth-order valence-corrected chi connectivity index (χ4v) is 2.46. The highest BCUT2D eigenvalue weighted by molar-refractivity contribution is 7.84. The summed E-state index contributed by atoms with van der Waals surface area (Å²) in [5.74, 6) is -0.204. The molecule has 0 amide bonds. The lowest BCUT2D eigenvalue weighted by Crippen LogP contribution is -2.28. The highest BCUT2D eigenvalue weighted by atomic mass is 32.1. The van der Waals surface area contributed by atoms with Gasteiger partial charge in [-0.1, -0.05) is 24.3 Å². The maximum absolute atomic E-state index is 9.31. The summed E-state index contributed by atoms with van der Waals surface area (Å²) in [6.07, 6.45) is 0. The number of nitrogens with one attached hydrogen (secondary N) is 1. The Bertz CT molecular complexity index is 637. The molecule has 1 heterocycles. The smallest absolute Gasteiger partial charge is 0.116 e. The second kappa shape index (κ2) is 5.09. The number of nitriles is 2. The van der Waals surface area contributed by atoms with Crippen molar-refractivity contribution in [3.05, 3.63) is 57.4 Å². The number of nitrogens with two attached hydrogens (primary N) is 1. The van der Waals surface area contributed by atoms with E-state index in [1.165, 1.54) is 0 Å². The van der Waals surface area contributed by atoms with Crippen LogP contribution in [0.25, 0.3) is 0 Å². The van der Waals surface area contributed by atoms with E-state index in [1.807, 2.05) is 31.2 Å². The lowest BCUT2D eigenvalue weighted by atomic mass is 9.82. The number of thiol groups is 1. The number of aryl methyl sites for hydroxylation is 1. The van der Waals surface area contributed by atoms with Crippen molar-refractivity contribution in [3.8, 4) is 12.1 Å². The van der Waals surface area contributed by atoms with Gasteiger partial charge in [-0.25, -0.2) is 0 Å². The van der Waals surface area contributed by atoms with E-state index in [4.69, 9.17) is 5.73 Å². The highest BCUT2D eigenvalue weighted by Crippen LogP contribution is 2.38. The molecule has 0 spiro atoms. The second-order valence-electron chi connectivity index (χ2n) is 4.23. The van der Waals surface area contributed by atoms with Crippen LogP contribution in [0.1, 0.15) is 17.0 Å². The van der Waals surface area contributed by atoms with Crippen molar-refractivity contribution in [2.75, 3.05) is 0 Å². The van der Waals surface area contributed by atoms with Crippen molar-refractivity contribution in [2.24, 2.45) is 5.73 Å². The molecule has 5 heteroatoms. The number of rotatable bonds is 1. The van der Waals surface area contributed by atoms with Gasteiger partial charge < -0.3 is 11.1 Å². The second-order valence-corrected chi connectivity index (χ2v) is 4.68. The summed E-state index contributed by atoms with van der Waals surface area (Å²) in [6, 6.07) is 11.8. The fourth-order valence-electron chi connectivity index (χ4n) is 2.16. The van der Waals surface area contributed by atoms with Gasteiger partial charge in [0.1, 0.15) is 5.82 Å². The van der Waals surface area contributed by atoms with Gasteiger partial charge in [0.15, 0.2) is 0 Å². The van der Waals surface area contributed by atoms with E-state index in [0.717, 1.165) is 11.1 Å². The largest absolute Gasteiger partial charge is 0.384 e. The van der Waals surface area contributed by atoms with Crippen molar-refractivity contribution >= 4 is 12.6 Å². The van der Waals surface area contributed by atoms with Crippen LogP contribution in [0.4, 0.5) is 0 Å². The molecule has 4 nitrogen and oxygen atoms in total. The Hall–Kier alpha value is -2.37. The van der Waals surface area contributed by atoms with Gasteiger partial charge in [-0.15, -0.1) is 12.6 Å². The van der Waals surface area contributed by atoms with Gasteiger partial charge in [-0.05, 0) is 18.1 Å². The molecule has 2 rings (SSSR count). The Balaban J connectivity index is 2.69. The maximum Gasteiger partial charge on any atom is 0.116 e. The molecule has 94 valence electrons. The van der Waals surface area contributed by atoms with Crippen LogP contribution in [0, 0.1) is 29.6 Å². The topological polar surface area (TPSA) is 85.6 Å². The minimum Gasteiger partial charge on any atom is -0.384 e. The molecule has 0 bridgehead atoms. The minimum absolute atomic E-state index is 0.250. The molecule has 0 saturated heterocycles. The number of benzene rings is 1. The summed E-state index contributed by atoms with van der Waals surface area (Å²) < 4.78 is 0. The Morgan fingerprint density at radius 2 is 1.84 bits per heavy atom. The average Bonchev–Trinajstić information content (AvgIpc) is 2.38. The van der Waals surface area contributed by atoms with E-state index in [9.17, 15) is 10.5 Å². The summed E-state index contributed by atoms with van der Waals surface area (Å²) in [6.45, 7) is 1.94. The molecule has 1 aromatic carbocycles. The van der Waals surface area contributed by atoms with E-state index >= 15 is 0 Å². The van der Waals surface area contributed by atoms with Gasteiger partial charge >= 0.3 is 0 Å². The van der Waals surface area contributed by atoms with E-state index in [2.05, 4.69) is 30.1 Å². The Morgan fingerprint density at radius 3 is 2.42 bits per heavy atom. The molecule has 0 unspecified atom stereocenters. The molecule has 0 radical (unpaired) electrons. The zero-order valence-corrected chi connectivity index (χ0v) is 11.2. The van der Waals surface area contributed by atoms with E-state index < -0.39 is 5.92 Å². The highest BCUT2D eigenvalue weighted by Gasteiger charge is 2.31. The Morgan fingerprint density at radius 1 is 1.21 bits per heavy atom. The third kappa shape index (κ3) is 2.16. The van der Waals surface area contributed by atoms with Gasteiger partial charge in [-0.3, -0.25) is 0 Å². The lowest BCUT2D eigenvalue weighted by Gasteiger charge is -2.26. The van der Waals surface area contributed by atoms with Crippen LogP contribution in [-0.4, -0.2) is 0 Å². The fraction of sp³-hybridized carbons (Fsp3) is 0.143. The number of dihydropyridines is 1. The molecular formula is C14H12N4S. The Labute approximate surface area is 117 Å². The molecule has 1 aliphatic rings. The zero-order valence-electron chi connectivity index (χ0n) is 10.3. The first-order chi connectivity index (χ1) is 9.10. The van der Waals surface area contributed by atoms with Crippen LogP contribution >= 0.6 is 12.6 Å². The quantitative estimate of drug-likeness (QED) is 0.680. The summed E-state index contributed by atoms with van der Waals surface area (Å²) in [5, 5.41) is 21.8. The third-order valence-electron chi connectivity index (χ3n) is 3.12. The van der Waals surface area contributed by atoms with Crippen LogP contribution in [0.2, 0.25) is 0 Å². The monoisotopic (exact) mass is 268 g/mol. The van der Waals surface area contributed by atoms with Crippen LogP contribution < -0.4 is 11.1 Å². The standard InChI is InChI=1S/C14H12N4S/c1-8-4-2-3-5-9(8)12-10(6-15)13(17)18-14(19)11(12)7-16/h2-5,12,18-19H,17H2,1H3/t12-/m0/s1. The predicted octanol–water partition coefficient (Wildman–Crippen LogP) is 2.04. The van der Waals surface area contributed by atoms with Crippen molar-refractivity contribution in [1.82, 2.24) is 5.32 Å². The molecule has 0 saturated carbocycles. The SMILES string of the molecule is Cc1ccccc1[C@H]1C(C#N)=C(N)NC(S)=C1C#N. The first kappa shape index (κ1) is 13.1. The normalized spacial score (nSPS) is 18.6. The number of hydrogen-bond acceptors (Lipinski definition) is 5. The molecule has 0 aliphatic carbocycles. The Kier molecular flexibility index (Phi) is 3.50. The predicted molar refractivity (Wildman–Crippen MR) is 75.5 cm³/mol. The first-order valence-corrected chi connectivity index (χ1v) is 6.10. The van der Waals surface area contributed by atoms with Crippen LogP contribution in [-0.2, 0) is 0 Å². The molecule has 0 fully saturated rings. The molecule has 1 aliphatic heterocycles. The molecule has 0 aromatic heterocycles. The van der Waals surface area contributed by atoms with Crippen molar-refractivity contribution in [2.45, 2.75) is 12.8 Å². The summed E-state index contributed by atoms with van der Waals surface area (Å²) in [5.41, 5.74) is 8.48. The van der Waals surface area contributed by atoms with Gasteiger partial charge in [0.05, 0.1) is 34.2 Å². The maximum atomic E-state index is 9.31. The van der Waals surface area contributed by atoms with Crippen LogP contribution in [0.3, 0.4) is 0 Å². The molecule has 1 aromatic rings. The molecule has 1 atom stereocenters. The average molecular weight is 268 g/mol. The van der Waals surface area contributed by atoms with E-state index in [-0.39, 0.29) is 5.82 Å². The van der Waals surface area contributed by atoms with Gasteiger partial charge in [0, 0.05) is 0 Å². The van der Waals surface area contributed by atoms with Crippen molar-refractivity contribution < 1.29 is 0 Å². The van der Waals surface area contributed by atoms with Gasteiger partial charge in [-0.2, -0.15) is 10.5 Å². The number of nitrogens with zero attached hydrogens (tertiary/aromatic N) is 2. The van der Waals surface area contributed by atoms with Gasteiger partial charge in [0.25, 0.3) is 0 Å². The minimum atomic E-state index is -0.454. The van der Waals surface area contributed by atoms with Gasteiger partial charge in [0.2, 0.25) is 0 Å². The van der Waals surface area contributed by atoms with Crippen LogP contribution in [0.5, 0.6) is 0 Å². The summed E-state index contributed by atoms with van der Waals surface area (Å²) in [7, 11) is 0. The molecule has 3 N–H and O–H groups in total. The number of allylic oxidation sites excluding steroid dienone is 2. The lowest BCUT2D eigenvalue weighted by molar-refractivity contribution is 0.837. The molecular weight excluding hydrogens is 256 g/mol. The number of hydrogen-bond donors (Lipinski definition) is 3. The summed E-state index contributed by atoms with van der Waals surface area (Å²) in [4.78, 5) is 0. The summed E-state index contributed by atoms with van der Waals surface area (Å²) >= 11 is 4.24. The van der Waals surface area contributed by atoms with Crippen molar-refractivity contribution in [3.63, 3.8) is 0 Å². The van der Waals surface area contributed by atoms with E-state index in [1.54, 1.807) is 0 Å². The zero-order chi connectivity index (χ0) is 14.0. The third-order valence-corrected chi connectivity index (χ3v) is 3.47. The first-order valence-electron chi connectivity index (χ1n) is 5.65. The van der Waals surface area contributed by atoms with E-state index in [0.29, 0.717) is 16.2 Å².